The molecule has 1 aliphatic heterocycles. The fraction of sp³-hybridized carbons (Fsp3) is 0.381. The van der Waals surface area contributed by atoms with E-state index in [4.69, 9.17) is 16.3 Å². The van der Waals surface area contributed by atoms with E-state index in [1.165, 1.54) is 17.3 Å². The second-order valence-corrected chi connectivity index (χ2v) is 8.00. The zero-order valence-electron chi connectivity index (χ0n) is 15.6. The molecule has 0 radical (unpaired) electrons. The Hall–Kier alpha value is -1.69. The van der Waals surface area contributed by atoms with Crippen molar-refractivity contribution < 1.29 is 9.53 Å². The number of carbonyl (C=O) groups is 1. The molecule has 1 saturated heterocycles. The van der Waals surface area contributed by atoms with Crippen molar-refractivity contribution in [1.29, 1.82) is 0 Å². The Bertz CT molecular complexity index is 754. The number of carbonyl (C=O) groups excluding carboxylic acids is 1. The van der Waals surface area contributed by atoms with Gasteiger partial charge in [0.25, 0.3) is 0 Å². The summed E-state index contributed by atoms with van der Waals surface area (Å²) in [6.07, 6.45) is 0.999. The van der Waals surface area contributed by atoms with Gasteiger partial charge in [0.15, 0.2) is 0 Å². The predicted octanol–water partition coefficient (Wildman–Crippen LogP) is 4.18. The van der Waals surface area contributed by atoms with Crippen LogP contribution in [-0.2, 0) is 11.3 Å². The summed E-state index contributed by atoms with van der Waals surface area (Å²) in [5, 5.41) is 0.705. The summed E-state index contributed by atoms with van der Waals surface area (Å²) in [7, 11) is 1.68. The fourth-order valence-corrected chi connectivity index (χ4v) is 4.30. The Morgan fingerprint density at radius 3 is 2.59 bits per heavy atom. The van der Waals surface area contributed by atoms with E-state index in [-0.39, 0.29) is 5.91 Å². The first-order valence-electron chi connectivity index (χ1n) is 9.16. The van der Waals surface area contributed by atoms with Crippen LogP contribution in [0.3, 0.4) is 0 Å². The van der Waals surface area contributed by atoms with E-state index in [1.807, 2.05) is 41.3 Å². The molecule has 0 bridgehead atoms. The molecule has 1 aliphatic rings. The molecule has 0 spiro atoms. The molecule has 2 aromatic carbocycles. The van der Waals surface area contributed by atoms with Crippen molar-refractivity contribution >= 4 is 29.3 Å². The Balaban J connectivity index is 1.48. The SMILES string of the molecule is COc1ccc(CN2CCCN(C(=O)CSc3ccccc3Cl)CC2)cc1. The average Bonchev–Trinajstić information content (AvgIpc) is 2.93. The highest BCUT2D eigenvalue weighted by Crippen LogP contribution is 2.26. The van der Waals surface area contributed by atoms with E-state index in [0.717, 1.165) is 49.8 Å². The van der Waals surface area contributed by atoms with Crippen molar-refractivity contribution in [2.24, 2.45) is 0 Å². The molecule has 144 valence electrons. The molecule has 0 atom stereocenters. The van der Waals surface area contributed by atoms with E-state index >= 15 is 0 Å². The van der Waals surface area contributed by atoms with Crippen LogP contribution in [0.5, 0.6) is 5.75 Å². The number of thioether (sulfide) groups is 1. The maximum Gasteiger partial charge on any atom is 0.232 e. The third-order valence-corrected chi connectivity index (χ3v) is 6.19. The first-order chi connectivity index (χ1) is 13.2. The largest absolute Gasteiger partial charge is 0.497 e. The second-order valence-electron chi connectivity index (χ2n) is 6.58. The quantitative estimate of drug-likeness (QED) is 0.676. The lowest BCUT2D eigenvalue weighted by molar-refractivity contribution is -0.128. The summed E-state index contributed by atoms with van der Waals surface area (Å²) >= 11 is 7.69. The molecule has 0 aromatic heterocycles. The van der Waals surface area contributed by atoms with Gasteiger partial charge in [0.2, 0.25) is 5.91 Å². The van der Waals surface area contributed by atoms with Gasteiger partial charge in [-0.15, -0.1) is 11.8 Å². The van der Waals surface area contributed by atoms with Gasteiger partial charge in [0.05, 0.1) is 17.9 Å². The van der Waals surface area contributed by atoms with Gasteiger partial charge in [-0.2, -0.15) is 0 Å². The molecule has 0 saturated carbocycles. The number of halogens is 1. The third-order valence-electron chi connectivity index (χ3n) is 4.69. The van der Waals surface area contributed by atoms with Crippen LogP contribution < -0.4 is 4.74 Å². The van der Waals surface area contributed by atoms with Crippen LogP contribution >= 0.6 is 23.4 Å². The normalized spacial score (nSPS) is 15.4. The Morgan fingerprint density at radius 2 is 1.85 bits per heavy atom. The number of nitrogens with zero attached hydrogens (tertiary/aromatic N) is 2. The van der Waals surface area contributed by atoms with Crippen LogP contribution in [0.2, 0.25) is 5.02 Å². The van der Waals surface area contributed by atoms with E-state index in [0.29, 0.717) is 10.8 Å². The van der Waals surface area contributed by atoms with Gasteiger partial charge in [-0.3, -0.25) is 9.69 Å². The molecule has 0 unspecified atom stereocenters. The Labute approximate surface area is 170 Å². The number of benzene rings is 2. The zero-order valence-corrected chi connectivity index (χ0v) is 17.1. The highest BCUT2D eigenvalue weighted by molar-refractivity contribution is 8.00. The number of methoxy groups -OCH3 is 1. The van der Waals surface area contributed by atoms with E-state index in [2.05, 4.69) is 17.0 Å². The van der Waals surface area contributed by atoms with Crippen molar-refractivity contribution in [3.05, 3.63) is 59.1 Å². The molecule has 27 heavy (non-hydrogen) atoms. The van der Waals surface area contributed by atoms with Gasteiger partial charge >= 0.3 is 0 Å². The number of hydrogen-bond donors (Lipinski definition) is 0. The number of rotatable bonds is 6. The molecule has 6 heteroatoms. The van der Waals surface area contributed by atoms with Crippen LogP contribution in [0.15, 0.2) is 53.4 Å². The van der Waals surface area contributed by atoms with Crippen LogP contribution in [-0.4, -0.2) is 54.7 Å². The molecule has 1 fully saturated rings. The van der Waals surface area contributed by atoms with Crippen molar-refractivity contribution in [3.63, 3.8) is 0 Å². The van der Waals surface area contributed by atoms with E-state index < -0.39 is 0 Å². The van der Waals surface area contributed by atoms with Gasteiger partial charge in [0, 0.05) is 37.6 Å². The highest BCUT2D eigenvalue weighted by atomic mass is 35.5. The van der Waals surface area contributed by atoms with Gasteiger partial charge in [-0.05, 0) is 36.2 Å². The maximum atomic E-state index is 12.6. The van der Waals surface area contributed by atoms with Gasteiger partial charge in [-0.1, -0.05) is 35.9 Å². The first-order valence-corrected chi connectivity index (χ1v) is 10.5. The molecule has 4 nitrogen and oxygen atoms in total. The fourth-order valence-electron chi connectivity index (χ4n) is 3.16. The van der Waals surface area contributed by atoms with Crippen molar-refractivity contribution in [2.75, 3.05) is 39.0 Å². The molecule has 1 heterocycles. The molecule has 2 aromatic rings. The van der Waals surface area contributed by atoms with Gasteiger partial charge < -0.3 is 9.64 Å². The van der Waals surface area contributed by atoms with Crippen molar-refractivity contribution in [2.45, 2.75) is 17.9 Å². The van der Waals surface area contributed by atoms with Crippen LogP contribution in [0.4, 0.5) is 0 Å². The summed E-state index contributed by atoms with van der Waals surface area (Å²) in [5.74, 6) is 1.50. The summed E-state index contributed by atoms with van der Waals surface area (Å²) in [5.41, 5.74) is 1.27. The highest BCUT2D eigenvalue weighted by Gasteiger charge is 2.19. The number of hydrogen-bond acceptors (Lipinski definition) is 4. The summed E-state index contributed by atoms with van der Waals surface area (Å²) in [6.45, 7) is 4.40. The molecule has 1 amide bonds. The number of amides is 1. The molecular formula is C21H25ClN2O2S. The molecule has 0 N–H and O–H groups in total. The predicted molar refractivity (Wildman–Crippen MR) is 112 cm³/mol. The van der Waals surface area contributed by atoms with Crippen LogP contribution in [0.25, 0.3) is 0 Å². The monoisotopic (exact) mass is 404 g/mol. The summed E-state index contributed by atoms with van der Waals surface area (Å²) in [6, 6.07) is 15.9. The lowest BCUT2D eigenvalue weighted by Crippen LogP contribution is -2.36. The Kier molecular flexibility index (Phi) is 7.44. The minimum absolute atomic E-state index is 0.186. The zero-order chi connectivity index (χ0) is 19.1. The lowest BCUT2D eigenvalue weighted by Gasteiger charge is -2.22. The molecular weight excluding hydrogens is 380 g/mol. The van der Waals surface area contributed by atoms with Crippen molar-refractivity contribution in [1.82, 2.24) is 9.80 Å². The van der Waals surface area contributed by atoms with Gasteiger partial charge in [0.1, 0.15) is 5.75 Å². The maximum absolute atomic E-state index is 12.6. The minimum Gasteiger partial charge on any atom is -0.497 e. The summed E-state index contributed by atoms with van der Waals surface area (Å²) < 4.78 is 5.21. The second kappa shape index (κ2) is 10.0. The van der Waals surface area contributed by atoms with Gasteiger partial charge in [-0.25, -0.2) is 0 Å². The third kappa shape index (κ3) is 5.89. The average molecular weight is 405 g/mol. The summed E-state index contributed by atoms with van der Waals surface area (Å²) in [4.78, 5) is 18.0. The minimum atomic E-state index is 0.186. The lowest BCUT2D eigenvalue weighted by atomic mass is 10.2. The molecule has 0 aliphatic carbocycles. The number of ether oxygens (including phenoxy) is 1. The standard InChI is InChI=1S/C21H25ClN2O2S/c1-26-18-9-7-17(8-10-18)15-23-11-4-12-24(14-13-23)21(25)16-27-20-6-3-2-5-19(20)22/h2-3,5-10H,4,11-16H2,1H3. The Morgan fingerprint density at radius 1 is 1.07 bits per heavy atom. The van der Waals surface area contributed by atoms with Crippen LogP contribution in [0.1, 0.15) is 12.0 Å². The van der Waals surface area contributed by atoms with E-state index in [1.54, 1.807) is 7.11 Å². The smallest absolute Gasteiger partial charge is 0.232 e. The topological polar surface area (TPSA) is 32.8 Å². The van der Waals surface area contributed by atoms with Crippen molar-refractivity contribution in [3.8, 4) is 5.75 Å². The van der Waals surface area contributed by atoms with E-state index in [9.17, 15) is 4.79 Å². The molecule has 3 rings (SSSR count). The first kappa shape index (κ1) is 20.1. The van der Waals surface area contributed by atoms with Crippen LogP contribution in [0, 0.1) is 0 Å².